The number of benzene rings is 2. The van der Waals surface area contributed by atoms with Gasteiger partial charge in [-0.25, -0.2) is 8.78 Å². The molecule has 0 spiro atoms. The summed E-state index contributed by atoms with van der Waals surface area (Å²) in [5.41, 5.74) is 0.308. The molecule has 2 amide bonds. The predicted octanol–water partition coefficient (Wildman–Crippen LogP) is 4.17. The van der Waals surface area contributed by atoms with Crippen molar-refractivity contribution in [2.24, 2.45) is 0 Å². The van der Waals surface area contributed by atoms with E-state index in [0.717, 1.165) is 17.8 Å². The van der Waals surface area contributed by atoms with Gasteiger partial charge in [-0.3, -0.25) is 9.59 Å². The van der Waals surface area contributed by atoms with Gasteiger partial charge in [-0.1, -0.05) is 17.8 Å². The molecule has 1 heterocycles. The average molecular weight is 552 g/mol. The van der Waals surface area contributed by atoms with Crippen molar-refractivity contribution in [2.45, 2.75) is 18.2 Å². The van der Waals surface area contributed by atoms with Gasteiger partial charge in [0.2, 0.25) is 5.91 Å². The third-order valence-corrected chi connectivity index (χ3v) is 6.06. The average Bonchev–Trinajstić information content (AvgIpc) is 3.20. The van der Waals surface area contributed by atoms with Crippen molar-refractivity contribution in [1.82, 2.24) is 20.1 Å². The zero-order valence-electron chi connectivity index (χ0n) is 18.0. The Morgan fingerprint density at radius 3 is 2.62 bits per heavy atom. The van der Waals surface area contributed by atoms with Gasteiger partial charge in [0.25, 0.3) is 5.91 Å². The van der Waals surface area contributed by atoms with E-state index >= 15 is 0 Å². The summed E-state index contributed by atoms with van der Waals surface area (Å²) in [6.45, 7) is 4.17. The number of carbonyl (C=O) groups excluding carboxylic acids is 2. The van der Waals surface area contributed by atoms with E-state index in [4.69, 9.17) is 4.74 Å². The molecule has 0 unspecified atom stereocenters. The van der Waals surface area contributed by atoms with Crippen molar-refractivity contribution in [3.05, 3.63) is 76.5 Å². The van der Waals surface area contributed by atoms with E-state index in [0.29, 0.717) is 34.9 Å². The molecule has 178 valence electrons. The fraction of sp³-hybridized carbons (Fsp3) is 0.182. The molecule has 2 N–H and O–H groups in total. The van der Waals surface area contributed by atoms with E-state index in [1.165, 1.54) is 0 Å². The molecule has 12 heteroatoms. The van der Waals surface area contributed by atoms with Gasteiger partial charge in [-0.2, -0.15) is 0 Å². The number of ether oxygens (including phenoxy) is 1. The number of rotatable bonds is 10. The number of carbonyl (C=O) groups is 2. The molecule has 0 aliphatic heterocycles. The molecule has 34 heavy (non-hydrogen) atoms. The maximum absolute atomic E-state index is 13.9. The van der Waals surface area contributed by atoms with Gasteiger partial charge < -0.3 is 19.9 Å². The molecule has 1 aromatic heterocycles. The summed E-state index contributed by atoms with van der Waals surface area (Å²) in [6.07, 6.45) is 1.63. The highest BCUT2D eigenvalue weighted by molar-refractivity contribution is 9.10. The van der Waals surface area contributed by atoms with Crippen molar-refractivity contribution in [1.29, 1.82) is 0 Å². The number of hydrogen-bond acceptors (Lipinski definition) is 6. The van der Waals surface area contributed by atoms with E-state index in [1.807, 2.05) is 0 Å². The van der Waals surface area contributed by atoms with Crippen LogP contribution in [0.2, 0.25) is 0 Å². The quantitative estimate of drug-likeness (QED) is 0.290. The number of anilines is 1. The van der Waals surface area contributed by atoms with Crippen LogP contribution < -0.4 is 15.4 Å². The fourth-order valence-corrected chi connectivity index (χ4v) is 4.11. The second-order valence-corrected chi connectivity index (χ2v) is 8.59. The Balaban J connectivity index is 1.62. The number of methoxy groups -OCH3 is 1. The molecule has 0 atom stereocenters. The summed E-state index contributed by atoms with van der Waals surface area (Å²) in [6, 6.07) is 8.39. The highest BCUT2D eigenvalue weighted by Crippen LogP contribution is 2.27. The Hall–Kier alpha value is -3.25. The highest BCUT2D eigenvalue weighted by Gasteiger charge is 2.17. The van der Waals surface area contributed by atoms with Gasteiger partial charge in [0.15, 0.2) is 16.8 Å². The van der Waals surface area contributed by atoms with Crippen LogP contribution >= 0.6 is 27.7 Å². The lowest BCUT2D eigenvalue weighted by molar-refractivity contribution is -0.113. The summed E-state index contributed by atoms with van der Waals surface area (Å²) in [7, 11) is 1.54. The van der Waals surface area contributed by atoms with Crippen molar-refractivity contribution < 1.29 is 23.1 Å². The lowest BCUT2D eigenvalue weighted by Crippen LogP contribution is -2.24. The van der Waals surface area contributed by atoms with E-state index < -0.39 is 17.5 Å². The first-order chi connectivity index (χ1) is 16.3. The number of nitrogens with zero attached hydrogens (tertiary/aromatic N) is 3. The monoisotopic (exact) mass is 551 g/mol. The molecule has 8 nitrogen and oxygen atoms in total. The third-order valence-electron chi connectivity index (χ3n) is 4.47. The van der Waals surface area contributed by atoms with Crippen LogP contribution in [0.15, 0.2) is 58.7 Å². The largest absolute Gasteiger partial charge is 0.497 e. The number of thioether (sulfide) groups is 1. The molecule has 3 rings (SSSR count). The number of amides is 2. The van der Waals surface area contributed by atoms with Gasteiger partial charge >= 0.3 is 0 Å². The summed E-state index contributed by atoms with van der Waals surface area (Å²) in [5, 5.41) is 13.8. The van der Waals surface area contributed by atoms with E-state index in [9.17, 15) is 18.4 Å². The number of nitrogens with one attached hydrogen (secondary N) is 2. The summed E-state index contributed by atoms with van der Waals surface area (Å²) < 4.78 is 34.1. The number of allylic oxidation sites excluding steroid dienone is 1. The lowest BCUT2D eigenvalue weighted by atomic mass is 10.2. The standard InChI is InChI=1S/C22H20BrF2N5O3S/c1-3-8-30-18(11-26-21(32)13-4-6-15(33-2)7-5-13)28-29-22(30)34-12-19(31)27-20-16(23)9-14(24)10-17(20)25/h3-7,9-10H,1,8,11-12H2,2H3,(H,26,32)(H,27,31). The molecule has 0 bridgehead atoms. The summed E-state index contributed by atoms with van der Waals surface area (Å²) >= 11 is 4.11. The van der Waals surface area contributed by atoms with Gasteiger partial charge in [0.1, 0.15) is 11.6 Å². The van der Waals surface area contributed by atoms with E-state index in [-0.39, 0.29) is 28.4 Å². The predicted molar refractivity (Wildman–Crippen MR) is 128 cm³/mol. The third kappa shape index (κ3) is 6.41. The lowest BCUT2D eigenvalue weighted by Gasteiger charge is -2.10. The number of hydrogen-bond donors (Lipinski definition) is 2. The summed E-state index contributed by atoms with van der Waals surface area (Å²) in [5.74, 6) is -1.46. The molecule has 3 aromatic rings. The Bertz CT molecular complexity index is 1180. The normalized spacial score (nSPS) is 10.6. The first kappa shape index (κ1) is 25.4. The van der Waals surface area contributed by atoms with E-state index in [1.54, 1.807) is 42.0 Å². The molecule has 0 saturated heterocycles. The van der Waals surface area contributed by atoms with Crippen molar-refractivity contribution in [3.63, 3.8) is 0 Å². The Kier molecular flexibility index (Phi) is 8.77. The van der Waals surface area contributed by atoms with Crippen LogP contribution in [0.1, 0.15) is 16.2 Å². The molecule has 0 saturated carbocycles. The zero-order valence-corrected chi connectivity index (χ0v) is 20.4. The molecular weight excluding hydrogens is 532 g/mol. The van der Waals surface area contributed by atoms with Crippen LogP contribution in [-0.2, 0) is 17.9 Å². The molecule has 0 aliphatic carbocycles. The van der Waals surface area contributed by atoms with Crippen LogP contribution in [-0.4, -0.2) is 39.4 Å². The maximum Gasteiger partial charge on any atom is 0.251 e. The molecule has 0 fully saturated rings. The number of aromatic nitrogens is 3. The molecule has 2 aromatic carbocycles. The topological polar surface area (TPSA) is 98.1 Å². The van der Waals surface area contributed by atoms with Crippen molar-refractivity contribution in [3.8, 4) is 5.75 Å². The molecule has 0 radical (unpaired) electrons. The second-order valence-electron chi connectivity index (χ2n) is 6.79. The SMILES string of the molecule is C=CCn1c(CNC(=O)c2ccc(OC)cc2)nnc1SCC(=O)Nc1c(F)cc(F)cc1Br. The van der Waals surface area contributed by atoms with Crippen molar-refractivity contribution in [2.75, 3.05) is 18.2 Å². The van der Waals surface area contributed by atoms with Gasteiger partial charge in [-0.05, 0) is 46.3 Å². The van der Waals surface area contributed by atoms with E-state index in [2.05, 4.69) is 43.3 Å². The smallest absolute Gasteiger partial charge is 0.251 e. The van der Waals surface area contributed by atoms with Gasteiger partial charge in [0, 0.05) is 22.6 Å². The molecule has 0 aliphatic rings. The van der Waals surface area contributed by atoms with Crippen LogP contribution in [0, 0.1) is 11.6 Å². The minimum Gasteiger partial charge on any atom is -0.497 e. The first-order valence-corrected chi connectivity index (χ1v) is 11.6. The van der Waals surface area contributed by atoms with Crippen LogP contribution in [0.4, 0.5) is 14.5 Å². The second kappa shape index (κ2) is 11.7. The van der Waals surface area contributed by atoms with Crippen LogP contribution in [0.25, 0.3) is 0 Å². The Morgan fingerprint density at radius 1 is 1.24 bits per heavy atom. The maximum atomic E-state index is 13.9. The molecular formula is C22H20BrF2N5O3S. The Labute approximate surface area is 206 Å². The highest BCUT2D eigenvalue weighted by atomic mass is 79.9. The first-order valence-electron chi connectivity index (χ1n) is 9.84. The fourth-order valence-electron chi connectivity index (χ4n) is 2.84. The van der Waals surface area contributed by atoms with Gasteiger partial charge in [0.05, 0.1) is 25.1 Å². The van der Waals surface area contributed by atoms with Crippen LogP contribution in [0.3, 0.4) is 0 Å². The Morgan fingerprint density at radius 2 is 1.97 bits per heavy atom. The minimum atomic E-state index is -0.894. The van der Waals surface area contributed by atoms with Crippen LogP contribution in [0.5, 0.6) is 5.75 Å². The summed E-state index contributed by atoms with van der Waals surface area (Å²) in [4.78, 5) is 24.7. The number of halogens is 3. The van der Waals surface area contributed by atoms with Gasteiger partial charge in [-0.15, -0.1) is 16.8 Å². The van der Waals surface area contributed by atoms with Crippen molar-refractivity contribution >= 4 is 45.2 Å². The minimum absolute atomic E-state index is 0.0908. The zero-order chi connectivity index (χ0) is 24.7.